The molecule has 10 nitrogen and oxygen atoms in total. The number of amides is 1. The predicted octanol–water partition coefficient (Wildman–Crippen LogP) is 5.40. The second kappa shape index (κ2) is 13.7. The Labute approximate surface area is 277 Å². The van der Waals surface area contributed by atoms with E-state index in [0.717, 1.165) is 109 Å². The third-order valence-corrected chi connectivity index (χ3v) is 9.93. The highest BCUT2D eigenvalue weighted by Crippen LogP contribution is 2.40. The first kappa shape index (κ1) is 32.5. The van der Waals surface area contributed by atoms with Crippen LogP contribution in [-0.2, 0) is 4.79 Å². The summed E-state index contributed by atoms with van der Waals surface area (Å²) >= 11 is 0. The minimum Gasteiger partial charge on any atom is -0.368 e. The molecule has 1 saturated carbocycles. The van der Waals surface area contributed by atoms with Crippen molar-refractivity contribution in [2.45, 2.75) is 65.5 Å². The van der Waals surface area contributed by atoms with Gasteiger partial charge in [-0.05, 0) is 101 Å². The normalized spacial score (nSPS) is 18.7. The number of nitrogens with zero attached hydrogens (tertiary/aromatic N) is 6. The van der Waals surface area contributed by atoms with Crippen LogP contribution in [0, 0.1) is 13.8 Å². The lowest BCUT2D eigenvalue weighted by Crippen LogP contribution is -2.44. The van der Waals surface area contributed by atoms with Gasteiger partial charge in [-0.2, -0.15) is 0 Å². The fourth-order valence-corrected chi connectivity index (χ4v) is 7.51. The summed E-state index contributed by atoms with van der Waals surface area (Å²) in [7, 11) is 4.09. The summed E-state index contributed by atoms with van der Waals surface area (Å²) in [6.07, 6.45) is 7.76. The van der Waals surface area contributed by atoms with Crippen LogP contribution in [0.25, 0.3) is 21.9 Å². The second-order valence-corrected chi connectivity index (χ2v) is 13.3. The van der Waals surface area contributed by atoms with Gasteiger partial charge in [0.2, 0.25) is 5.91 Å². The van der Waals surface area contributed by atoms with Gasteiger partial charge in [0, 0.05) is 98.9 Å². The van der Waals surface area contributed by atoms with Gasteiger partial charge in [0.25, 0.3) is 5.56 Å². The highest BCUT2D eigenvalue weighted by Gasteiger charge is 2.28. The van der Waals surface area contributed by atoms with Crippen molar-refractivity contribution >= 4 is 39.7 Å². The summed E-state index contributed by atoms with van der Waals surface area (Å²) in [5, 5.41) is 5.20. The van der Waals surface area contributed by atoms with E-state index in [1.165, 1.54) is 0 Å². The van der Waals surface area contributed by atoms with Crippen molar-refractivity contribution in [2.24, 2.45) is 0 Å². The molecule has 1 amide bonds. The minimum atomic E-state index is -0.130. The zero-order valence-electron chi connectivity index (χ0n) is 28.6. The summed E-state index contributed by atoms with van der Waals surface area (Å²) in [6.45, 7) is 12.5. The predicted molar refractivity (Wildman–Crippen MR) is 192 cm³/mol. The van der Waals surface area contributed by atoms with Gasteiger partial charge in [-0.15, -0.1) is 0 Å². The SMILES string of the molecule is CCN(c1cc(-c2ccc(N3CCN(C)CC3)nc2)cc2c(N(C)c3c(C)cc(C)[nH]c3=O)nccc12)C1CCC(NC(C)=O)CC1. The summed E-state index contributed by atoms with van der Waals surface area (Å²) in [5.41, 5.74) is 5.45. The zero-order valence-corrected chi connectivity index (χ0v) is 28.6. The highest BCUT2D eigenvalue weighted by molar-refractivity contribution is 6.04. The number of benzene rings is 1. The summed E-state index contributed by atoms with van der Waals surface area (Å²) in [4.78, 5) is 46.9. The number of nitrogens with one attached hydrogen (secondary N) is 2. The number of carbonyl (C=O) groups is 1. The fourth-order valence-electron chi connectivity index (χ4n) is 7.51. The third-order valence-electron chi connectivity index (χ3n) is 9.93. The van der Waals surface area contributed by atoms with Gasteiger partial charge in [0.1, 0.15) is 17.3 Å². The number of aromatic nitrogens is 3. The number of carbonyl (C=O) groups excluding carboxylic acids is 1. The molecule has 2 N–H and O–H groups in total. The van der Waals surface area contributed by atoms with Gasteiger partial charge < -0.3 is 29.9 Å². The molecular weight excluding hydrogens is 588 g/mol. The van der Waals surface area contributed by atoms with Crippen LogP contribution in [0.4, 0.5) is 23.0 Å². The lowest BCUT2D eigenvalue weighted by atomic mass is 9.89. The Hall–Kier alpha value is -4.44. The molecule has 1 saturated heterocycles. The van der Waals surface area contributed by atoms with Crippen molar-refractivity contribution in [3.8, 4) is 11.1 Å². The smallest absolute Gasteiger partial charge is 0.272 e. The maximum Gasteiger partial charge on any atom is 0.272 e. The number of H-pyrrole nitrogens is 1. The molecular formula is C37H48N8O2. The summed E-state index contributed by atoms with van der Waals surface area (Å²) in [5.74, 6) is 1.78. The number of aromatic amines is 1. The molecule has 1 aromatic carbocycles. The number of piperazine rings is 1. The van der Waals surface area contributed by atoms with Crippen LogP contribution in [0.2, 0.25) is 0 Å². The monoisotopic (exact) mass is 636 g/mol. The highest BCUT2D eigenvalue weighted by atomic mass is 16.1. The van der Waals surface area contributed by atoms with E-state index in [1.54, 1.807) is 6.92 Å². The average molecular weight is 637 g/mol. The molecule has 47 heavy (non-hydrogen) atoms. The van der Waals surface area contributed by atoms with Crippen LogP contribution >= 0.6 is 0 Å². The standard InChI is InChI=1S/C37H48N8O2/c1-7-45(30-11-9-29(10-12-30)41-26(4)46)33-22-28(27-8-13-34(39-23-27)44-18-16-42(5)17-19-44)21-32-31(33)14-15-38-36(32)43(6)35-24(2)20-25(3)40-37(35)47/h8,13-15,20-23,29-30H,7,9-12,16-19H2,1-6H3,(H,40,47)(H,41,46). The molecule has 2 fully saturated rings. The first-order valence-corrected chi connectivity index (χ1v) is 16.9. The van der Waals surface area contributed by atoms with Crippen molar-refractivity contribution in [1.29, 1.82) is 0 Å². The molecule has 0 bridgehead atoms. The van der Waals surface area contributed by atoms with Crippen LogP contribution in [0.3, 0.4) is 0 Å². The summed E-state index contributed by atoms with van der Waals surface area (Å²) < 4.78 is 0. The van der Waals surface area contributed by atoms with E-state index in [4.69, 9.17) is 9.97 Å². The van der Waals surface area contributed by atoms with Gasteiger partial charge >= 0.3 is 0 Å². The van der Waals surface area contributed by atoms with Gasteiger partial charge in [-0.3, -0.25) is 9.59 Å². The number of rotatable bonds is 8. The van der Waals surface area contributed by atoms with Crippen molar-refractivity contribution in [1.82, 2.24) is 25.2 Å². The number of pyridine rings is 3. The Kier molecular flexibility index (Phi) is 9.50. The number of fused-ring (bicyclic) bond motifs is 1. The molecule has 3 aromatic heterocycles. The Bertz CT molecular complexity index is 1790. The topological polar surface area (TPSA) is 101 Å². The second-order valence-electron chi connectivity index (χ2n) is 13.3. The van der Waals surface area contributed by atoms with E-state index in [2.05, 4.69) is 69.3 Å². The van der Waals surface area contributed by atoms with Gasteiger partial charge in [-0.1, -0.05) is 0 Å². The number of hydrogen-bond donors (Lipinski definition) is 2. The third kappa shape index (κ3) is 6.83. The van der Waals surface area contributed by atoms with Crippen molar-refractivity contribution < 1.29 is 4.79 Å². The molecule has 6 rings (SSSR count). The van der Waals surface area contributed by atoms with Crippen LogP contribution in [0.5, 0.6) is 0 Å². The van der Waals surface area contributed by atoms with Gasteiger partial charge in [0.15, 0.2) is 0 Å². The molecule has 1 aliphatic carbocycles. The van der Waals surface area contributed by atoms with Crippen molar-refractivity contribution in [3.63, 3.8) is 0 Å². The first-order valence-electron chi connectivity index (χ1n) is 16.9. The number of anilines is 4. The number of hydrogen-bond acceptors (Lipinski definition) is 8. The van der Waals surface area contributed by atoms with Gasteiger partial charge in [-0.25, -0.2) is 9.97 Å². The molecule has 4 heterocycles. The largest absolute Gasteiger partial charge is 0.368 e. The lowest BCUT2D eigenvalue weighted by molar-refractivity contribution is -0.119. The Balaban J connectivity index is 1.44. The molecule has 4 aromatic rings. The Morgan fingerprint density at radius 1 is 0.979 bits per heavy atom. The molecule has 0 atom stereocenters. The van der Waals surface area contributed by atoms with Crippen LogP contribution < -0.4 is 25.6 Å². The van der Waals surface area contributed by atoms with Crippen LogP contribution in [-0.4, -0.2) is 84.7 Å². The number of aryl methyl sites for hydroxylation is 2. The minimum absolute atomic E-state index is 0.0403. The maximum atomic E-state index is 13.2. The molecule has 0 unspecified atom stereocenters. The number of likely N-dealkylation sites (N-methyl/N-ethyl adjacent to an activating group) is 1. The lowest BCUT2D eigenvalue weighted by Gasteiger charge is -2.39. The van der Waals surface area contributed by atoms with E-state index in [1.807, 2.05) is 44.3 Å². The van der Waals surface area contributed by atoms with E-state index in [0.29, 0.717) is 11.7 Å². The molecule has 10 heteroatoms. The Morgan fingerprint density at radius 3 is 2.36 bits per heavy atom. The van der Waals surface area contributed by atoms with Crippen LogP contribution in [0.1, 0.15) is 50.8 Å². The quantitative estimate of drug-likeness (QED) is 0.266. The van der Waals surface area contributed by atoms with Crippen molar-refractivity contribution in [3.05, 3.63) is 70.4 Å². The molecule has 2 aliphatic rings. The van der Waals surface area contributed by atoms with Gasteiger partial charge in [0.05, 0.1) is 0 Å². The molecule has 0 radical (unpaired) electrons. The van der Waals surface area contributed by atoms with E-state index in [9.17, 15) is 9.59 Å². The van der Waals surface area contributed by atoms with E-state index >= 15 is 0 Å². The first-order chi connectivity index (χ1) is 22.6. The zero-order chi connectivity index (χ0) is 33.2. The molecule has 0 spiro atoms. The van der Waals surface area contributed by atoms with Crippen molar-refractivity contribution in [2.75, 3.05) is 61.5 Å². The summed E-state index contributed by atoms with van der Waals surface area (Å²) in [6, 6.07) is 13.5. The maximum absolute atomic E-state index is 13.2. The fraction of sp³-hybridized carbons (Fsp3) is 0.459. The van der Waals surface area contributed by atoms with Crippen LogP contribution in [0.15, 0.2) is 53.6 Å². The molecule has 1 aliphatic heterocycles. The Morgan fingerprint density at radius 2 is 1.72 bits per heavy atom. The van der Waals surface area contributed by atoms with E-state index < -0.39 is 0 Å². The van der Waals surface area contributed by atoms with E-state index in [-0.39, 0.29) is 17.5 Å². The average Bonchev–Trinajstić information content (AvgIpc) is 3.05. The molecule has 248 valence electrons.